The second kappa shape index (κ2) is 34.9. The van der Waals surface area contributed by atoms with Gasteiger partial charge in [-0.1, -0.05) is 200 Å². The number of hydrogen-bond donors (Lipinski definition) is 3. The van der Waals surface area contributed by atoms with Gasteiger partial charge in [-0.25, -0.2) is 0 Å². The smallest absolute Gasteiger partial charge is 0.220 e. The molecule has 0 heterocycles. The van der Waals surface area contributed by atoms with Crippen LogP contribution in [0.25, 0.3) is 0 Å². The molecule has 0 saturated carbocycles. The van der Waals surface area contributed by atoms with Gasteiger partial charge in [-0.15, -0.1) is 0 Å². The van der Waals surface area contributed by atoms with Crippen LogP contribution < -0.4 is 5.32 Å². The average molecular weight is 596 g/mol. The van der Waals surface area contributed by atoms with Gasteiger partial charge in [0.2, 0.25) is 5.91 Å². The van der Waals surface area contributed by atoms with Gasteiger partial charge < -0.3 is 15.5 Å². The third-order valence-electron chi connectivity index (χ3n) is 9.12. The summed E-state index contributed by atoms with van der Waals surface area (Å²) in [6, 6.07) is -0.525. The Balaban J connectivity index is 3.27. The van der Waals surface area contributed by atoms with Gasteiger partial charge in [-0.05, 0) is 12.8 Å². The van der Waals surface area contributed by atoms with Crippen LogP contribution in [0.15, 0.2) is 0 Å². The van der Waals surface area contributed by atoms with Crippen LogP contribution in [0.4, 0.5) is 0 Å². The van der Waals surface area contributed by atoms with Gasteiger partial charge in [-0.2, -0.15) is 0 Å². The van der Waals surface area contributed by atoms with Crippen molar-refractivity contribution in [3.8, 4) is 0 Å². The van der Waals surface area contributed by atoms with E-state index in [4.69, 9.17) is 0 Å². The number of amides is 1. The molecule has 0 aromatic rings. The van der Waals surface area contributed by atoms with E-state index < -0.39 is 12.1 Å². The first kappa shape index (κ1) is 41.4. The third kappa shape index (κ3) is 30.8. The summed E-state index contributed by atoms with van der Waals surface area (Å²) in [4.78, 5) is 12.2. The fourth-order valence-corrected chi connectivity index (χ4v) is 6.13. The summed E-state index contributed by atoms with van der Waals surface area (Å²) >= 11 is 0. The zero-order valence-corrected chi connectivity index (χ0v) is 28.8. The number of hydrogen-bond acceptors (Lipinski definition) is 3. The van der Waals surface area contributed by atoms with Crippen LogP contribution in [-0.4, -0.2) is 34.9 Å². The predicted molar refractivity (Wildman–Crippen MR) is 184 cm³/mol. The number of aliphatic hydroxyl groups excluding tert-OH is 2. The molecule has 2 atom stereocenters. The average Bonchev–Trinajstić information content (AvgIpc) is 2.99. The normalized spacial score (nSPS) is 13.0. The SMILES string of the molecule is CCCCCCCCCCCCCCCCCCCCCCCCCCCCCC(=O)NC(CO)C(O)CCCCC. The van der Waals surface area contributed by atoms with E-state index in [1.54, 1.807) is 0 Å². The van der Waals surface area contributed by atoms with Crippen molar-refractivity contribution >= 4 is 5.91 Å². The first-order valence-electron chi connectivity index (χ1n) is 19.2. The highest BCUT2D eigenvalue weighted by atomic mass is 16.3. The molecule has 4 nitrogen and oxygen atoms in total. The van der Waals surface area contributed by atoms with Gasteiger partial charge in [0.1, 0.15) is 0 Å². The molecule has 0 aliphatic rings. The Morgan fingerprint density at radius 1 is 0.476 bits per heavy atom. The van der Waals surface area contributed by atoms with Gasteiger partial charge >= 0.3 is 0 Å². The fraction of sp³-hybridized carbons (Fsp3) is 0.974. The van der Waals surface area contributed by atoms with E-state index in [1.807, 2.05) is 0 Å². The molecule has 0 fully saturated rings. The lowest BCUT2D eigenvalue weighted by molar-refractivity contribution is -0.123. The van der Waals surface area contributed by atoms with Crippen LogP contribution in [0.5, 0.6) is 0 Å². The second-order valence-corrected chi connectivity index (χ2v) is 13.4. The summed E-state index contributed by atoms with van der Waals surface area (Å²) in [6.45, 7) is 4.23. The van der Waals surface area contributed by atoms with Crippen LogP contribution in [0.2, 0.25) is 0 Å². The van der Waals surface area contributed by atoms with E-state index in [0.29, 0.717) is 12.8 Å². The summed E-state index contributed by atoms with van der Waals surface area (Å²) in [6.07, 6.45) is 41.0. The Hall–Kier alpha value is -0.610. The maximum absolute atomic E-state index is 12.2. The molecule has 0 spiro atoms. The Kier molecular flexibility index (Phi) is 34.4. The molecule has 0 saturated heterocycles. The molecule has 2 unspecified atom stereocenters. The molecular formula is C38H77NO3. The lowest BCUT2D eigenvalue weighted by Crippen LogP contribution is -2.45. The quantitative estimate of drug-likeness (QED) is 0.0638. The molecule has 4 heteroatoms. The van der Waals surface area contributed by atoms with E-state index in [0.717, 1.165) is 32.1 Å². The number of carbonyl (C=O) groups excluding carboxylic acids is 1. The fourth-order valence-electron chi connectivity index (χ4n) is 6.13. The molecule has 0 bridgehead atoms. The van der Waals surface area contributed by atoms with E-state index in [9.17, 15) is 15.0 Å². The number of aliphatic hydroxyl groups is 2. The minimum atomic E-state index is -0.649. The third-order valence-corrected chi connectivity index (χ3v) is 9.12. The van der Waals surface area contributed by atoms with Gasteiger partial charge in [0, 0.05) is 6.42 Å². The van der Waals surface area contributed by atoms with Gasteiger partial charge in [0.25, 0.3) is 0 Å². The lowest BCUT2D eigenvalue weighted by atomic mass is 10.0. The molecule has 0 aromatic heterocycles. The molecule has 1 amide bonds. The Morgan fingerprint density at radius 2 is 0.762 bits per heavy atom. The molecule has 42 heavy (non-hydrogen) atoms. The standard InChI is InChI=1S/C38H77NO3/c1-3-5-7-8-9-10-11-12-13-14-15-16-17-18-19-20-21-22-23-24-25-26-27-28-29-30-32-34-38(42)39-36(35-40)37(41)33-31-6-4-2/h36-37,40-41H,3-35H2,1-2H3,(H,39,42). The van der Waals surface area contributed by atoms with Crippen LogP contribution in [-0.2, 0) is 4.79 Å². The minimum absolute atomic E-state index is 0.0387. The van der Waals surface area contributed by atoms with E-state index in [1.165, 1.54) is 161 Å². The number of unbranched alkanes of at least 4 members (excludes halogenated alkanes) is 28. The topological polar surface area (TPSA) is 69.6 Å². The van der Waals surface area contributed by atoms with Crippen LogP contribution in [0, 0.1) is 0 Å². The molecule has 3 N–H and O–H groups in total. The van der Waals surface area contributed by atoms with E-state index in [2.05, 4.69) is 19.2 Å². The number of rotatable bonds is 35. The first-order chi connectivity index (χ1) is 20.7. The van der Waals surface area contributed by atoms with Gasteiger partial charge in [-0.3, -0.25) is 4.79 Å². The molecule has 0 radical (unpaired) electrons. The molecule has 0 aliphatic heterocycles. The van der Waals surface area contributed by atoms with Crippen molar-refractivity contribution in [2.45, 2.75) is 231 Å². The van der Waals surface area contributed by atoms with Gasteiger partial charge in [0.15, 0.2) is 0 Å². The van der Waals surface area contributed by atoms with Crippen molar-refractivity contribution < 1.29 is 15.0 Å². The van der Waals surface area contributed by atoms with Crippen molar-refractivity contribution in [3.63, 3.8) is 0 Å². The predicted octanol–water partition coefficient (Wildman–Crippen LogP) is 11.3. The molecule has 0 aromatic carbocycles. The molecular weight excluding hydrogens is 518 g/mol. The van der Waals surface area contributed by atoms with Crippen LogP contribution in [0.3, 0.4) is 0 Å². The monoisotopic (exact) mass is 596 g/mol. The summed E-state index contributed by atoms with van der Waals surface area (Å²) < 4.78 is 0. The lowest BCUT2D eigenvalue weighted by Gasteiger charge is -2.22. The zero-order chi connectivity index (χ0) is 30.8. The van der Waals surface area contributed by atoms with E-state index >= 15 is 0 Å². The Morgan fingerprint density at radius 3 is 1.07 bits per heavy atom. The zero-order valence-electron chi connectivity index (χ0n) is 28.8. The summed E-state index contributed by atoms with van der Waals surface area (Å²) in [5, 5.41) is 22.5. The van der Waals surface area contributed by atoms with Crippen molar-refractivity contribution in [3.05, 3.63) is 0 Å². The maximum Gasteiger partial charge on any atom is 0.220 e. The second-order valence-electron chi connectivity index (χ2n) is 13.4. The van der Waals surface area contributed by atoms with Crippen molar-refractivity contribution in [1.82, 2.24) is 5.32 Å². The number of nitrogens with one attached hydrogen (secondary N) is 1. The minimum Gasteiger partial charge on any atom is -0.394 e. The Bertz CT molecular complexity index is 526. The highest BCUT2D eigenvalue weighted by Gasteiger charge is 2.19. The maximum atomic E-state index is 12.2. The van der Waals surface area contributed by atoms with E-state index in [-0.39, 0.29) is 12.5 Å². The van der Waals surface area contributed by atoms with Crippen molar-refractivity contribution in [1.29, 1.82) is 0 Å². The van der Waals surface area contributed by atoms with Crippen molar-refractivity contribution in [2.24, 2.45) is 0 Å². The van der Waals surface area contributed by atoms with Crippen molar-refractivity contribution in [2.75, 3.05) is 6.61 Å². The van der Waals surface area contributed by atoms with Crippen LogP contribution in [0.1, 0.15) is 219 Å². The number of carbonyl (C=O) groups is 1. The van der Waals surface area contributed by atoms with Gasteiger partial charge in [0.05, 0.1) is 18.8 Å². The summed E-state index contributed by atoms with van der Waals surface area (Å²) in [5.41, 5.74) is 0. The highest BCUT2D eigenvalue weighted by molar-refractivity contribution is 5.76. The summed E-state index contributed by atoms with van der Waals surface area (Å²) in [5.74, 6) is -0.0387. The molecule has 252 valence electrons. The molecule has 0 aliphatic carbocycles. The Labute approximate surface area is 264 Å². The first-order valence-corrected chi connectivity index (χ1v) is 19.2. The summed E-state index contributed by atoms with van der Waals surface area (Å²) in [7, 11) is 0. The largest absolute Gasteiger partial charge is 0.394 e. The highest BCUT2D eigenvalue weighted by Crippen LogP contribution is 2.16. The van der Waals surface area contributed by atoms with Crippen LogP contribution >= 0.6 is 0 Å². The molecule has 0 rings (SSSR count).